The number of hydrogen-bond acceptors (Lipinski definition) is 5. The van der Waals surface area contributed by atoms with Crippen molar-refractivity contribution in [1.82, 2.24) is 9.55 Å². The van der Waals surface area contributed by atoms with E-state index >= 15 is 0 Å². The summed E-state index contributed by atoms with van der Waals surface area (Å²) < 4.78 is 1.62. The number of nitrogens with zero attached hydrogens (tertiary/aromatic N) is 3. The molecule has 4 nitrogen and oxygen atoms in total. The summed E-state index contributed by atoms with van der Waals surface area (Å²) in [6.07, 6.45) is 4.22. The third-order valence-corrected chi connectivity index (χ3v) is 7.37. The van der Waals surface area contributed by atoms with Crippen LogP contribution in [0.15, 0.2) is 28.2 Å². The van der Waals surface area contributed by atoms with E-state index in [0.717, 1.165) is 47.0 Å². The summed E-state index contributed by atoms with van der Waals surface area (Å²) in [6, 6.07) is 7.80. The smallest absolute Gasteiger partial charge is 0.267 e. The number of nitriles is 1. The third kappa shape index (κ3) is 3.29. The molecular weight excluding hydrogens is 398 g/mol. The SMILES string of the molecule is Cc1ccc(-n2c(S[C@H](C)C#N)nc3sc4c(c3c2=O)CCCC4)cc1Cl. The monoisotopic (exact) mass is 415 g/mol. The van der Waals surface area contributed by atoms with E-state index in [1.54, 1.807) is 22.0 Å². The van der Waals surface area contributed by atoms with E-state index in [-0.39, 0.29) is 10.8 Å². The highest BCUT2D eigenvalue weighted by Crippen LogP contribution is 2.36. The predicted molar refractivity (Wildman–Crippen MR) is 113 cm³/mol. The number of rotatable bonds is 3. The van der Waals surface area contributed by atoms with E-state index in [4.69, 9.17) is 16.6 Å². The lowest BCUT2D eigenvalue weighted by Crippen LogP contribution is -2.22. The number of aromatic nitrogens is 2. The van der Waals surface area contributed by atoms with Crippen molar-refractivity contribution in [3.8, 4) is 11.8 Å². The molecular formula is C20H18ClN3OS2. The molecule has 0 amide bonds. The molecule has 0 unspecified atom stereocenters. The van der Waals surface area contributed by atoms with Gasteiger partial charge in [-0.15, -0.1) is 11.3 Å². The second kappa shape index (κ2) is 7.31. The zero-order chi connectivity index (χ0) is 19.1. The third-order valence-electron chi connectivity index (χ3n) is 4.84. The zero-order valence-corrected chi connectivity index (χ0v) is 17.5. The molecule has 7 heteroatoms. The molecule has 0 spiro atoms. The van der Waals surface area contributed by atoms with Gasteiger partial charge in [0.15, 0.2) is 5.16 Å². The van der Waals surface area contributed by atoms with Crippen LogP contribution in [0.3, 0.4) is 0 Å². The summed E-state index contributed by atoms with van der Waals surface area (Å²) in [5.74, 6) is 0. The zero-order valence-electron chi connectivity index (χ0n) is 15.1. The molecule has 0 bridgehead atoms. The van der Waals surface area contributed by atoms with Gasteiger partial charge in [0.2, 0.25) is 0 Å². The summed E-state index contributed by atoms with van der Waals surface area (Å²) in [5, 5.41) is 10.8. The average molecular weight is 416 g/mol. The molecule has 1 aliphatic rings. The number of benzene rings is 1. The Labute approximate surface area is 170 Å². The second-order valence-corrected chi connectivity index (χ2v) is 9.55. The predicted octanol–water partition coefficient (Wildman–Crippen LogP) is 5.29. The molecule has 3 aromatic rings. The highest BCUT2D eigenvalue weighted by atomic mass is 35.5. The molecule has 1 aliphatic carbocycles. The first-order chi connectivity index (χ1) is 13.0. The summed E-state index contributed by atoms with van der Waals surface area (Å²) in [7, 11) is 0. The van der Waals surface area contributed by atoms with Gasteiger partial charge in [0.1, 0.15) is 4.83 Å². The number of fused-ring (bicyclic) bond motifs is 3. The molecule has 27 heavy (non-hydrogen) atoms. The standard InChI is InChI=1S/C20H18ClN3OS2/c1-11-7-8-13(9-15(11)21)24-19(25)17-14-5-3-4-6-16(14)27-18(17)23-20(24)26-12(2)10-22/h7-9,12H,3-6H2,1-2H3/t12-/m1/s1. The molecule has 0 aliphatic heterocycles. The van der Waals surface area contributed by atoms with E-state index in [9.17, 15) is 10.1 Å². The van der Waals surface area contributed by atoms with Crippen LogP contribution >= 0.6 is 34.7 Å². The lowest BCUT2D eigenvalue weighted by molar-refractivity contribution is 0.699. The van der Waals surface area contributed by atoms with Gasteiger partial charge in [0, 0.05) is 9.90 Å². The Kier molecular flexibility index (Phi) is 5.02. The summed E-state index contributed by atoms with van der Waals surface area (Å²) >= 11 is 9.25. The summed E-state index contributed by atoms with van der Waals surface area (Å²) in [4.78, 5) is 20.4. The Hall–Kier alpha value is -1.81. The van der Waals surface area contributed by atoms with E-state index in [2.05, 4.69) is 6.07 Å². The molecule has 4 rings (SSSR count). The number of halogens is 1. The van der Waals surface area contributed by atoms with Gasteiger partial charge in [-0.1, -0.05) is 29.4 Å². The van der Waals surface area contributed by atoms with E-state index in [0.29, 0.717) is 15.9 Å². The molecule has 0 saturated carbocycles. The summed E-state index contributed by atoms with van der Waals surface area (Å²) in [5.41, 5.74) is 2.74. The van der Waals surface area contributed by atoms with Gasteiger partial charge in [0.05, 0.1) is 22.4 Å². The number of hydrogen-bond donors (Lipinski definition) is 0. The fraction of sp³-hybridized carbons (Fsp3) is 0.350. The largest absolute Gasteiger partial charge is 0.268 e. The maximum Gasteiger partial charge on any atom is 0.267 e. The van der Waals surface area contributed by atoms with Crippen LogP contribution in [-0.4, -0.2) is 14.8 Å². The molecule has 1 aromatic carbocycles. The highest BCUT2D eigenvalue weighted by molar-refractivity contribution is 8.00. The number of aryl methyl sites for hydroxylation is 3. The van der Waals surface area contributed by atoms with Crippen LogP contribution in [0, 0.1) is 18.3 Å². The molecule has 2 aromatic heterocycles. The fourth-order valence-corrected chi connectivity index (χ4v) is 5.69. The Morgan fingerprint density at radius 2 is 2.15 bits per heavy atom. The first kappa shape index (κ1) is 18.5. The Morgan fingerprint density at radius 3 is 2.89 bits per heavy atom. The van der Waals surface area contributed by atoms with Crippen LogP contribution in [0.4, 0.5) is 0 Å². The van der Waals surface area contributed by atoms with Crippen LogP contribution in [0.2, 0.25) is 5.02 Å². The van der Waals surface area contributed by atoms with Crippen LogP contribution in [0.25, 0.3) is 15.9 Å². The quantitative estimate of drug-likeness (QED) is 0.430. The van der Waals surface area contributed by atoms with Crippen molar-refractivity contribution < 1.29 is 0 Å². The first-order valence-corrected chi connectivity index (χ1v) is 11.0. The average Bonchev–Trinajstić information content (AvgIpc) is 3.03. The minimum atomic E-state index is -0.309. The van der Waals surface area contributed by atoms with Gasteiger partial charge >= 0.3 is 0 Å². The van der Waals surface area contributed by atoms with Crippen LogP contribution in [-0.2, 0) is 12.8 Å². The Morgan fingerprint density at radius 1 is 1.37 bits per heavy atom. The van der Waals surface area contributed by atoms with Crippen LogP contribution < -0.4 is 5.56 Å². The Balaban J connectivity index is 2.02. The molecule has 2 heterocycles. The molecule has 1 atom stereocenters. The van der Waals surface area contributed by atoms with Crippen LogP contribution in [0.5, 0.6) is 0 Å². The number of thioether (sulfide) groups is 1. The van der Waals surface area contributed by atoms with Crippen molar-refractivity contribution in [2.45, 2.75) is 49.9 Å². The van der Waals surface area contributed by atoms with Crippen molar-refractivity contribution >= 4 is 44.9 Å². The molecule has 0 saturated heterocycles. The lowest BCUT2D eigenvalue weighted by Gasteiger charge is -2.14. The topological polar surface area (TPSA) is 58.7 Å². The van der Waals surface area contributed by atoms with Crippen LogP contribution in [0.1, 0.15) is 35.8 Å². The number of thiophene rings is 1. The molecule has 0 N–H and O–H groups in total. The van der Waals surface area contributed by atoms with Crippen molar-refractivity contribution in [1.29, 1.82) is 5.26 Å². The maximum atomic E-state index is 13.5. The van der Waals surface area contributed by atoms with Crippen molar-refractivity contribution in [2.75, 3.05) is 0 Å². The van der Waals surface area contributed by atoms with E-state index in [1.165, 1.54) is 16.6 Å². The van der Waals surface area contributed by atoms with Crippen molar-refractivity contribution in [3.63, 3.8) is 0 Å². The van der Waals surface area contributed by atoms with E-state index < -0.39 is 0 Å². The normalized spacial score (nSPS) is 14.7. The van der Waals surface area contributed by atoms with Gasteiger partial charge in [-0.05, 0) is 62.8 Å². The Bertz CT molecular complexity index is 1140. The van der Waals surface area contributed by atoms with Crippen molar-refractivity contribution in [2.24, 2.45) is 0 Å². The lowest BCUT2D eigenvalue weighted by atomic mass is 9.97. The van der Waals surface area contributed by atoms with Gasteiger partial charge in [-0.2, -0.15) is 5.26 Å². The first-order valence-electron chi connectivity index (χ1n) is 8.89. The highest BCUT2D eigenvalue weighted by Gasteiger charge is 2.23. The van der Waals surface area contributed by atoms with Gasteiger partial charge in [-0.3, -0.25) is 9.36 Å². The molecule has 138 valence electrons. The fourth-order valence-electron chi connectivity index (χ4n) is 3.40. The molecule has 0 fully saturated rings. The minimum absolute atomic E-state index is 0.0630. The second-order valence-electron chi connectivity index (χ2n) is 6.75. The van der Waals surface area contributed by atoms with Gasteiger partial charge in [0.25, 0.3) is 5.56 Å². The minimum Gasteiger partial charge on any atom is -0.268 e. The summed E-state index contributed by atoms with van der Waals surface area (Å²) in [6.45, 7) is 3.74. The maximum absolute atomic E-state index is 13.5. The van der Waals surface area contributed by atoms with Gasteiger partial charge < -0.3 is 0 Å². The van der Waals surface area contributed by atoms with Gasteiger partial charge in [-0.25, -0.2) is 4.98 Å². The van der Waals surface area contributed by atoms with E-state index in [1.807, 2.05) is 26.0 Å². The molecule has 0 radical (unpaired) electrons. The van der Waals surface area contributed by atoms with Crippen molar-refractivity contribution in [3.05, 3.63) is 49.6 Å².